The number of anilines is 2. The van der Waals surface area contributed by atoms with Gasteiger partial charge >= 0.3 is 5.97 Å². The summed E-state index contributed by atoms with van der Waals surface area (Å²) in [6, 6.07) is 10.8. The third-order valence-electron chi connectivity index (χ3n) is 8.40. The molecule has 0 N–H and O–H groups in total. The molecule has 0 spiro atoms. The number of hydrogen-bond donors (Lipinski definition) is 0. The maximum absolute atomic E-state index is 13.0. The van der Waals surface area contributed by atoms with Crippen LogP contribution in [0.3, 0.4) is 0 Å². The average Bonchev–Trinajstić information content (AvgIpc) is 3.64. The van der Waals surface area contributed by atoms with Crippen molar-refractivity contribution in [3.05, 3.63) is 58.1 Å². The van der Waals surface area contributed by atoms with Gasteiger partial charge in [0, 0.05) is 24.6 Å². The quantitative estimate of drug-likeness (QED) is 0.201. The molecule has 2 aromatic carbocycles. The number of amides is 3. The van der Waals surface area contributed by atoms with Crippen LogP contribution in [0.2, 0.25) is 0 Å². The second-order valence-corrected chi connectivity index (χ2v) is 10.4. The molecule has 37 heavy (non-hydrogen) atoms. The first-order chi connectivity index (χ1) is 17.7. The molecule has 2 bridgehead atoms. The Hall–Kier alpha value is -4.08. The van der Waals surface area contributed by atoms with Crippen molar-refractivity contribution in [1.82, 2.24) is 0 Å². The first-order valence-electron chi connectivity index (χ1n) is 12.5. The molecule has 2 heterocycles. The fourth-order valence-corrected chi connectivity index (χ4v) is 6.60. The highest BCUT2D eigenvalue weighted by Gasteiger charge is 2.61. The van der Waals surface area contributed by atoms with Crippen LogP contribution in [0.5, 0.6) is 5.75 Å². The lowest BCUT2D eigenvalue weighted by Gasteiger charge is -2.19. The molecule has 10 nitrogen and oxygen atoms in total. The molecular weight excluding hydrogens is 478 g/mol. The maximum atomic E-state index is 13.0. The largest absolute Gasteiger partial charge is 0.426 e. The first-order valence-corrected chi connectivity index (χ1v) is 12.5. The lowest BCUT2D eigenvalue weighted by molar-refractivity contribution is -0.385. The van der Waals surface area contributed by atoms with Gasteiger partial charge in [0.05, 0.1) is 34.1 Å². The molecule has 6 rings (SSSR count). The molecule has 0 aromatic heterocycles. The average molecular weight is 504 g/mol. The second kappa shape index (κ2) is 8.50. The Morgan fingerprint density at radius 1 is 0.973 bits per heavy atom. The van der Waals surface area contributed by atoms with Crippen LogP contribution >= 0.6 is 0 Å². The van der Waals surface area contributed by atoms with Gasteiger partial charge in [-0.3, -0.25) is 34.2 Å². The van der Waals surface area contributed by atoms with Gasteiger partial charge in [-0.2, -0.15) is 0 Å². The lowest BCUT2D eigenvalue weighted by atomic mass is 9.81. The highest BCUT2D eigenvalue weighted by molar-refractivity contribution is 6.22. The van der Waals surface area contributed by atoms with Gasteiger partial charge < -0.3 is 9.64 Å². The van der Waals surface area contributed by atoms with Crippen LogP contribution < -0.4 is 14.5 Å². The third-order valence-corrected chi connectivity index (χ3v) is 8.40. The fraction of sp³-hybridized carbons (Fsp3) is 0.407. The molecule has 0 radical (unpaired) electrons. The summed E-state index contributed by atoms with van der Waals surface area (Å²) < 4.78 is 5.49. The molecule has 5 atom stereocenters. The Balaban J connectivity index is 1.12. The van der Waals surface area contributed by atoms with Crippen molar-refractivity contribution < 1.29 is 28.8 Å². The highest BCUT2D eigenvalue weighted by atomic mass is 16.6. The lowest BCUT2D eigenvalue weighted by Crippen LogP contribution is -2.32. The molecule has 10 heteroatoms. The van der Waals surface area contributed by atoms with Gasteiger partial charge in [0.2, 0.25) is 17.7 Å². The summed E-state index contributed by atoms with van der Waals surface area (Å²) in [5.41, 5.74) is 1.21. The van der Waals surface area contributed by atoms with E-state index in [1.165, 1.54) is 28.0 Å². The van der Waals surface area contributed by atoms with Crippen molar-refractivity contribution >= 4 is 40.8 Å². The third kappa shape index (κ3) is 3.70. The van der Waals surface area contributed by atoms with Gasteiger partial charge in [-0.25, -0.2) is 0 Å². The smallest absolute Gasteiger partial charge is 0.316 e. The van der Waals surface area contributed by atoms with Crippen molar-refractivity contribution in [2.45, 2.75) is 32.6 Å². The van der Waals surface area contributed by atoms with Gasteiger partial charge in [-0.05, 0) is 68.4 Å². The standard InChI is InChI=1S/C27H25N3O7/c1-14-2-5-19(12-21(14)30(35)36)28-13-17(11-22(28)31)27(34)37-20-8-6-18(7-9-20)29-25(32)23-15-3-4-16(10-15)24(23)26(29)33/h2,5-9,12,15-17,23-24H,3-4,10-11,13H2,1H3/t15-,16-,17+,23-,24-/m0/s1. The molecule has 2 aliphatic heterocycles. The molecule has 2 saturated heterocycles. The molecular formula is C27H25N3O7. The van der Waals surface area contributed by atoms with Gasteiger partial charge in [-0.15, -0.1) is 0 Å². The van der Waals surface area contributed by atoms with Crippen molar-refractivity contribution in [3.63, 3.8) is 0 Å². The minimum absolute atomic E-state index is 0.0534. The number of carbonyl (C=O) groups excluding carboxylic acids is 4. The van der Waals surface area contributed by atoms with E-state index in [9.17, 15) is 29.3 Å². The van der Waals surface area contributed by atoms with E-state index in [1.807, 2.05) is 0 Å². The van der Waals surface area contributed by atoms with Crippen LogP contribution in [0.1, 0.15) is 31.2 Å². The number of rotatable bonds is 5. The zero-order chi connectivity index (χ0) is 26.0. The zero-order valence-corrected chi connectivity index (χ0v) is 20.2. The Labute approximate surface area is 212 Å². The summed E-state index contributed by atoms with van der Waals surface area (Å²) in [4.78, 5) is 64.8. The highest BCUT2D eigenvalue weighted by Crippen LogP contribution is 2.56. The van der Waals surface area contributed by atoms with Crippen LogP contribution in [-0.4, -0.2) is 35.2 Å². The van der Waals surface area contributed by atoms with Gasteiger partial charge in [0.25, 0.3) is 5.69 Å². The minimum Gasteiger partial charge on any atom is -0.426 e. The zero-order valence-electron chi connectivity index (χ0n) is 20.2. The molecule has 4 aliphatic rings. The number of ether oxygens (including phenoxy) is 1. The number of hydrogen-bond acceptors (Lipinski definition) is 7. The Kier molecular flexibility index (Phi) is 5.36. The van der Waals surface area contributed by atoms with Crippen LogP contribution in [0.15, 0.2) is 42.5 Å². The van der Waals surface area contributed by atoms with E-state index in [0.29, 0.717) is 28.8 Å². The molecule has 2 aromatic rings. The van der Waals surface area contributed by atoms with Crippen LogP contribution in [0.4, 0.5) is 17.1 Å². The second-order valence-electron chi connectivity index (χ2n) is 10.4. The van der Waals surface area contributed by atoms with E-state index in [2.05, 4.69) is 0 Å². The number of nitro groups is 1. The SMILES string of the molecule is Cc1ccc(N2C[C@H](C(=O)Oc3ccc(N4C(=O)[C@H]5[C@H]6CC[C@@H](C6)[C@@H]5C4=O)cc3)CC2=O)cc1[N+](=O)[O-]. The van der Waals surface area contributed by atoms with Gasteiger partial charge in [0.1, 0.15) is 5.75 Å². The summed E-state index contributed by atoms with van der Waals surface area (Å²) in [5, 5.41) is 11.3. The molecule has 2 saturated carbocycles. The molecule has 0 unspecified atom stereocenters. The van der Waals surface area contributed by atoms with E-state index >= 15 is 0 Å². The topological polar surface area (TPSA) is 127 Å². The predicted molar refractivity (Wildman–Crippen MR) is 131 cm³/mol. The summed E-state index contributed by atoms with van der Waals surface area (Å²) in [6.07, 6.45) is 2.92. The number of imide groups is 1. The Morgan fingerprint density at radius 3 is 2.22 bits per heavy atom. The number of aryl methyl sites for hydroxylation is 1. The fourth-order valence-electron chi connectivity index (χ4n) is 6.60. The maximum Gasteiger partial charge on any atom is 0.316 e. The van der Waals surface area contributed by atoms with Crippen molar-refractivity contribution in [2.24, 2.45) is 29.6 Å². The number of benzene rings is 2. The molecule has 2 aliphatic carbocycles. The summed E-state index contributed by atoms with van der Waals surface area (Å²) in [7, 11) is 0. The Bertz CT molecular complexity index is 1330. The van der Waals surface area contributed by atoms with Crippen molar-refractivity contribution in [1.29, 1.82) is 0 Å². The van der Waals surface area contributed by atoms with E-state index in [1.54, 1.807) is 31.2 Å². The van der Waals surface area contributed by atoms with E-state index in [4.69, 9.17) is 4.74 Å². The van der Waals surface area contributed by atoms with Gasteiger partial charge in [0.15, 0.2) is 0 Å². The normalized spacial score (nSPS) is 28.2. The molecule has 4 fully saturated rings. The Morgan fingerprint density at radius 2 is 1.59 bits per heavy atom. The summed E-state index contributed by atoms with van der Waals surface area (Å²) >= 11 is 0. The first kappa shape index (κ1) is 23.3. The monoisotopic (exact) mass is 503 g/mol. The van der Waals surface area contributed by atoms with Crippen molar-refractivity contribution in [3.8, 4) is 5.75 Å². The van der Waals surface area contributed by atoms with Gasteiger partial charge in [-0.1, -0.05) is 6.07 Å². The number of esters is 1. The molecule has 3 amide bonds. The van der Waals surface area contributed by atoms with Crippen LogP contribution in [0.25, 0.3) is 0 Å². The van der Waals surface area contributed by atoms with E-state index in [-0.39, 0.29) is 54.0 Å². The summed E-state index contributed by atoms with van der Waals surface area (Å²) in [5.74, 6) is -1.48. The van der Waals surface area contributed by atoms with Crippen LogP contribution in [-0.2, 0) is 19.2 Å². The number of nitro benzene ring substituents is 1. The minimum atomic E-state index is -0.732. The summed E-state index contributed by atoms with van der Waals surface area (Å²) in [6.45, 7) is 1.67. The van der Waals surface area contributed by atoms with E-state index < -0.39 is 16.8 Å². The van der Waals surface area contributed by atoms with Crippen LogP contribution in [0, 0.1) is 46.6 Å². The number of carbonyl (C=O) groups is 4. The van der Waals surface area contributed by atoms with Crippen molar-refractivity contribution in [2.75, 3.05) is 16.3 Å². The van der Waals surface area contributed by atoms with E-state index in [0.717, 1.165) is 19.3 Å². The number of nitrogens with zero attached hydrogens (tertiary/aromatic N) is 3. The molecule has 190 valence electrons. The number of fused-ring (bicyclic) bond motifs is 5. The predicted octanol–water partition coefficient (Wildman–Crippen LogP) is 3.40.